The molecular weight excluding hydrogens is 312 g/mol. The predicted molar refractivity (Wildman–Crippen MR) is 94.4 cm³/mol. The Labute approximate surface area is 142 Å². The lowest BCUT2D eigenvalue weighted by Gasteiger charge is -2.25. The minimum atomic E-state index is -0.222. The van der Waals surface area contributed by atoms with E-state index in [1.807, 2.05) is 37.3 Å². The summed E-state index contributed by atoms with van der Waals surface area (Å²) in [6.07, 6.45) is 0.705. The molecule has 4 nitrogen and oxygen atoms in total. The van der Waals surface area contributed by atoms with Gasteiger partial charge in [-0.3, -0.25) is 4.79 Å². The number of carbonyl (C=O) groups excluding carboxylic acids is 1. The molecule has 1 aliphatic heterocycles. The first-order chi connectivity index (χ1) is 10.7. The van der Waals surface area contributed by atoms with Crippen LogP contribution in [0.4, 0.5) is 5.69 Å². The van der Waals surface area contributed by atoms with Crippen LogP contribution in [0.1, 0.15) is 16.7 Å². The molecule has 0 bridgehead atoms. The molecule has 2 aromatic rings. The van der Waals surface area contributed by atoms with Crippen LogP contribution in [0.2, 0.25) is 0 Å². The van der Waals surface area contributed by atoms with Crippen molar-refractivity contribution in [2.75, 3.05) is 12.4 Å². The van der Waals surface area contributed by atoms with Crippen LogP contribution in [0, 0.1) is 6.92 Å². The van der Waals surface area contributed by atoms with Gasteiger partial charge in [0.05, 0.1) is 18.8 Å². The minimum absolute atomic E-state index is 0. The third-order valence-electron chi connectivity index (χ3n) is 4.01. The molecule has 1 aliphatic rings. The van der Waals surface area contributed by atoms with Gasteiger partial charge in [-0.25, -0.2) is 0 Å². The van der Waals surface area contributed by atoms with Gasteiger partial charge in [0, 0.05) is 6.54 Å². The average Bonchev–Trinajstić information content (AvgIpc) is 2.54. The maximum absolute atomic E-state index is 12.5. The highest BCUT2D eigenvalue weighted by molar-refractivity contribution is 5.96. The fourth-order valence-electron chi connectivity index (χ4n) is 2.78. The third kappa shape index (κ3) is 3.84. The lowest BCUT2D eigenvalue weighted by molar-refractivity contribution is -0.118. The van der Waals surface area contributed by atoms with Gasteiger partial charge in [0.2, 0.25) is 5.91 Å². The first-order valence-electron chi connectivity index (χ1n) is 7.43. The van der Waals surface area contributed by atoms with Crippen molar-refractivity contribution in [1.29, 1.82) is 0 Å². The summed E-state index contributed by atoms with van der Waals surface area (Å²) in [7, 11) is 1.61. The quantitative estimate of drug-likeness (QED) is 0.908. The Morgan fingerprint density at radius 1 is 1.22 bits per heavy atom. The maximum atomic E-state index is 12.5. The monoisotopic (exact) mass is 332 g/mol. The molecule has 5 heteroatoms. The van der Waals surface area contributed by atoms with Crippen LogP contribution < -0.4 is 15.4 Å². The summed E-state index contributed by atoms with van der Waals surface area (Å²) in [5.74, 6) is 0.647. The van der Waals surface area contributed by atoms with Gasteiger partial charge in [-0.1, -0.05) is 30.3 Å². The average molecular weight is 333 g/mol. The highest BCUT2D eigenvalue weighted by Crippen LogP contribution is 2.26. The zero-order valence-electron chi connectivity index (χ0n) is 13.3. The SMILES string of the molecule is COc1ccc(C)cc1NC(=O)C1Cc2ccccc2CN1.Cl. The van der Waals surface area contributed by atoms with Crippen LogP contribution in [-0.2, 0) is 17.8 Å². The molecule has 0 saturated heterocycles. The van der Waals surface area contributed by atoms with Crippen molar-refractivity contribution in [1.82, 2.24) is 5.32 Å². The van der Waals surface area contributed by atoms with E-state index in [4.69, 9.17) is 4.74 Å². The zero-order chi connectivity index (χ0) is 15.5. The predicted octanol–water partition coefficient (Wildman–Crippen LogP) is 3.08. The number of rotatable bonds is 3. The van der Waals surface area contributed by atoms with Gasteiger partial charge in [-0.05, 0) is 42.2 Å². The van der Waals surface area contributed by atoms with Crippen molar-refractivity contribution >= 4 is 24.0 Å². The van der Waals surface area contributed by atoms with E-state index in [1.54, 1.807) is 7.11 Å². The molecule has 0 radical (unpaired) electrons. The van der Waals surface area contributed by atoms with Gasteiger partial charge in [-0.2, -0.15) is 0 Å². The number of benzene rings is 2. The van der Waals surface area contributed by atoms with E-state index in [2.05, 4.69) is 22.8 Å². The van der Waals surface area contributed by atoms with E-state index in [-0.39, 0.29) is 24.4 Å². The molecule has 2 aromatic carbocycles. The molecule has 2 N–H and O–H groups in total. The van der Waals surface area contributed by atoms with Crippen LogP contribution in [0.25, 0.3) is 0 Å². The molecule has 0 spiro atoms. The topological polar surface area (TPSA) is 50.4 Å². The molecule has 1 unspecified atom stereocenters. The maximum Gasteiger partial charge on any atom is 0.241 e. The zero-order valence-corrected chi connectivity index (χ0v) is 14.1. The minimum Gasteiger partial charge on any atom is -0.495 e. The number of fused-ring (bicyclic) bond motifs is 1. The van der Waals surface area contributed by atoms with Crippen LogP contribution in [0.5, 0.6) is 5.75 Å². The summed E-state index contributed by atoms with van der Waals surface area (Å²) in [5.41, 5.74) is 4.29. The second-order valence-corrected chi connectivity index (χ2v) is 5.60. The number of carbonyl (C=O) groups is 1. The van der Waals surface area contributed by atoms with Crippen molar-refractivity contribution in [2.45, 2.75) is 25.9 Å². The number of aryl methyl sites for hydroxylation is 1. The largest absolute Gasteiger partial charge is 0.495 e. The molecule has 0 aliphatic carbocycles. The molecule has 3 rings (SSSR count). The van der Waals surface area contributed by atoms with Crippen LogP contribution in [-0.4, -0.2) is 19.1 Å². The highest BCUT2D eigenvalue weighted by Gasteiger charge is 2.24. The molecule has 0 saturated carbocycles. The van der Waals surface area contributed by atoms with Crippen molar-refractivity contribution < 1.29 is 9.53 Å². The molecule has 1 atom stereocenters. The Bertz CT molecular complexity index is 703. The van der Waals surface area contributed by atoms with Crippen LogP contribution in [0.3, 0.4) is 0 Å². The normalized spacial score (nSPS) is 16.0. The summed E-state index contributed by atoms with van der Waals surface area (Å²) in [4.78, 5) is 12.5. The third-order valence-corrected chi connectivity index (χ3v) is 4.01. The summed E-state index contributed by atoms with van der Waals surface area (Å²) < 4.78 is 5.31. The van der Waals surface area contributed by atoms with Gasteiger partial charge in [0.15, 0.2) is 0 Å². The first-order valence-corrected chi connectivity index (χ1v) is 7.43. The van der Waals surface area contributed by atoms with Crippen LogP contribution in [0.15, 0.2) is 42.5 Å². The number of ether oxygens (including phenoxy) is 1. The Hall–Kier alpha value is -2.04. The summed E-state index contributed by atoms with van der Waals surface area (Å²) in [6, 6.07) is 13.8. The smallest absolute Gasteiger partial charge is 0.241 e. The molecular formula is C18H21ClN2O2. The Morgan fingerprint density at radius 2 is 1.96 bits per heavy atom. The van der Waals surface area contributed by atoms with E-state index in [0.717, 1.165) is 12.1 Å². The van der Waals surface area contributed by atoms with Crippen molar-refractivity contribution in [3.05, 3.63) is 59.2 Å². The van der Waals surface area contributed by atoms with E-state index in [9.17, 15) is 4.79 Å². The second kappa shape index (κ2) is 7.49. The lowest BCUT2D eigenvalue weighted by atomic mass is 9.95. The first kappa shape index (κ1) is 17.3. The van der Waals surface area contributed by atoms with E-state index >= 15 is 0 Å². The molecule has 1 amide bonds. The number of hydrogen-bond acceptors (Lipinski definition) is 3. The fraction of sp³-hybridized carbons (Fsp3) is 0.278. The highest BCUT2D eigenvalue weighted by atomic mass is 35.5. The van der Waals surface area contributed by atoms with Crippen LogP contribution >= 0.6 is 12.4 Å². The Kier molecular flexibility index (Phi) is 5.64. The van der Waals surface area contributed by atoms with Gasteiger partial charge < -0.3 is 15.4 Å². The number of hydrogen-bond donors (Lipinski definition) is 2. The number of halogens is 1. The van der Waals surface area contributed by atoms with Crippen molar-refractivity contribution in [2.24, 2.45) is 0 Å². The van der Waals surface area contributed by atoms with Gasteiger partial charge in [0.25, 0.3) is 0 Å². The fourth-order valence-corrected chi connectivity index (χ4v) is 2.78. The molecule has 23 heavy (non-hydrogen) atoms. The number of anilines is 1. The standard InChI is InChI=1S/C18H20N2O2.ClH/c1-12-7-8-17(22-2)15(9-12)20-18(21)16-10-13-5-3-4-6-14(13)11-19-16;/h3-9,16,19H,10-11H2,1-2H3,(H,20,21);1H. The number of methoxy groups -OCH3 is 1. The lowest BCUT2D eigenvalue weighted by Crippen LogP contribution is -2.44. The summed E-state index contributed by atoms with van der Waals surface area (Å²) >= 11 is 0. The van der Waals surface area contributed by atoms with E-state index in [1.165, 1.54) is 11.1 Å². The van der Waals surface area contributed by atoms with Gasteiger partial charge >= 0.3 is 0 Å². The molecule has 1 heterocycles. The Morgan fingerprint density at radius 3 is 2.70 bits per heavy atom. The van der Waals surface area contributed by atoms with E-state index in [0.29, 0.717) is 17.9 Å². The number of amides is 1. The van der Waals surface area contributed by atoms with Gasteiger partial charge in [-0.15, -0.1) is 12.4 Å². The molecule has 0 aromatic heterocycles. The van der Waals surface area contributed by atoms with Crippen molar-refractivity contribution in [3.63, 3.8) is 0 Å². The summed E-state index contributed by atoms with van der Waals surface area (Å²) in [6.45, 7) is 2.71. The number of nitrogens with one attached hydrogen (secondary N) is 2. The van der Waals surface area contributed by atoms with E-state index < -0.39 is 0 Å². The molecule has 0 fully saturated rings. The second-order valence-electron chi connectivity index (χ2n) is 5.60. The molecule has 122 valence electrons. The Balaban J connectivity index is 0.00000192. The summed E-state index contributed by atoms with van der Waals surface area (Å²) in [5, 5.41) is 6.27. The van der Waals surface area contributed by atoms with Gasteiger partial charge in [0.1, 0.15) is 5.75 Å². The van der Waals surface area contributed by atoms with Crippen molar-refractivity contribution in [3.8, 4) is 5.75 Å².